The number of anilines is 6. The predicted molar refractivity (Wildman–Crippen MR) is 478 cm³/mol. The van der Waals surface area contributed by atoms with Crippen molar-refractivity contribution in [2.45, 2.75) is 157 Å². The molecule has 0 fully saturated rings. The summed E-state index contributed by atoms with van der Waals surface area (Å²) in [6, 6.07) is 76.3. The number of aromatic nitrogens is 4. The van der Waals surface area contributed by atoms with Crippen molar-refractivity contribution >= 4 is 79.0 Å². The van der Waals surface area contributed by atoms with E-state index in [4.69, 9.17) is 23.2 Å². The highest BCUT2D eigenvalue weighted by Gasteiger charge is 2.46. The van der Waals surface area contributed by atoms with Crippen LogP contribution in [0.25, 0.3) is 106 Å². The van der Waals surface area contributed by atoms with Crippen LogP contribution in [-0.2, 0) is 32.5 Å². The molecule has 112 heavy (non-hydrogen) atoms. The molecule has 15 aromatic rings. The van der Waals surface area contributed by atoms with E-state index in [9.17, 15) is 5.48 Å². The summed E-state index contributed by atoms with van der Waals surface area (Å²) in [7, 11) is 0. The molecule has 0 atom stereocenters. The van der Waals surface area contributed by atoms with Gasteiger partial charge >= 0.3 is 0 Å². The van der Waals surface area contributed by atoms with Crippen molar-refractivity contribution in [3.63, 3.8) is 0 Å². The van der Waals surface area contributed by atoms with Crippen LogP contribution in [0.4, 0.5) is 34.1 Å². The summed E-state index contributed by atoms with van der Waals surface area (Å²) in [6.45, 7) is 40.0. The molecular formula is C105H101BN6. The molecular weight excluding hydrogens is 1360 g/mol. The molecule has 0 amide bonds. The zero-order valence-corrected chi connectivity index (χ0v) is 67.6. The van der Waals surface area contributed by atoms with E-state index in [1.807, 2.05) is 18.2 Å². The van der Waals surface area contributed by atoms with Crippen molar-refractivity contribution in [3.8, 4) is 84.4 Å². The van der Waals surface area contributed by atoms with Crippen LogP contribution in [0.3, 0.4) is 0 Å². The summed E-state index contributed by atoms with van der Waals surface area (Å²) in [5.41, 5.74) is 23.5. The fourth-order valence-electron chi connectivity index (χ4n) is 16.3. The molecule has 13 aromatic carbocycles. The van der Waals surface area contributed by atoms with E-state index in [0.717, 1.165) is 128 Å². The topological polar surface area (TPSA) is 50.1 Å². The van der Waals surface area contributed by atoms with Crippen molar-refractivity contribution in [3.05, 3.63) is 318 Å². The minimum Gasteiger partial charge on any atom is -0.311 e. The number of benzene rings is 13. The van der Waals surface area contributed by atoms with Gasteiger partial charge in [0, 0.05) is 67.0 Å². The van der Waals surface area contributed by atoms with Crippen LogP contribution >= 0.6 is 0 Å². The first-order chi connectivity index (χ1) is 57.5. The highest BCUT2D eigenvalue weighted by molar-refractivity contribution is 7.00. The smallest absolute Gasteiger partial charge is 0.252 e. The van der Waals surface area contributed by atoms with E-state index in [2.05, 4.69) is 345 Å². The molecule has 7 heteroatoms. The molecule has 0 radical (unpaired) electrons. The lowest BCUT2D eigenvalue weighted by Crippen LogP contribution is -2.61. The second-order valence-corrected chi connectivity index (χ2v) is 36.7. The normalized spacial score (nSPS) is 14.5. The van der Waals surface area contributed by atoms with E-state index in [0.29, 0.717) is 11.3 Å². The molecule has 0 saturated carbocycles. The third kappa shape index (κ3) is 13.2. The van der Waals surface area contributed by atoms with Gasteiger partial charge in [0.2, 0.25) is 0 Å². The molecule has 4 heterocycles. The van der Waals surface area contributed by atoms with Gasteiger partial charge in [0.25, 0.3) is 6.71 Å². The Morgan fingerprint density at radius 1 is 0.277 bits per heavy atom. The molecule has 0 spiro atoms. The predicted octanol–water partition coefficient (Wildman–Crippen LogP) is 26.5. The second-order valence-electron chi connectivity index (χ2n) is 36.7. The first-order valence-corrected chi connectivity index (χ1v) is 39.2. The maximum atomic E-state index is 9.63. The number of hydrogen-bond acceptors (Lipinski definition) is 5. The summed E-state index contributed by atoms with van der Waals surface area (Å²) < 4.78 is 95.2. The molecule has 554 valence electrons. The van der Waals surface area contributed by atoms with Gasteiger partial charge in [-0.1, -0.05) is 331 Å². The van der Waals surface area contributed by atoms with Crippen molar-refractivity contribution in [1.29, 1.82) is 0 Å². The third-order valence-electron chi connectivity index (χ3n) is 22.7. The number of rotatable bonds is 10. The molecule has 6 nitrogen and oxygen atoms in total. The van der Waals surface area contributed by atoms with Gasteiger partial charge in [0.1, 0.15) is 0 Å². The van der Waals surface area contributed by atoms with Crippen LogP contribution in [0.15, 0.2) is 285 Å². The fourth-order valence-corrected chi connectivity index (χ4v) is 16.3. The first kappa shape index (κ1) is 62.0. The van der Waals surface area contributed by atoms with Gasteiger partial charge in [-0.15, -0.1) is 0 Å². The summed E-state index contributed by atoms with van der Waals surface area (Å²) in [5, 5.41) is 2.24. The molecule has 0 aliphatic carbocycles. The summed E-state index contributed by atoms with van der Waals surface area (Å²) in [6.07, 6.45) is 0. The monoisotopic (exact) mass is 1470 g/mol. The lowest BCUT2D eigenvalue weighted by Gasteiger charge is -2.46. The Morgan fingerprint density at radius 2 is 0.696 bits per heavy atom. The van der Waals surface area contributed by atoms with Gasteiger partial charge in [-0.05, 0) is 195 Å². The maximum absolute atomic E-state index is 9.63. The lowest BCUT2D eigenvalue weighted by molar-refractivity contribution is 0.569. The Labute approximate surface area is 678 Å². The zero-order valence-electron chi connectivity index (χ0n) is 77.6. The average molecular weight is 1470 g/mol. The minimum atomic E-state index is -0.639. The molecule has 2 aliphatic rings. The number of nitrogens with zero attached hydrogens (tertiary/aromatic N) is 6. The SMILES string of the molecule is [2H]c1c([2H])c([2H])c(-c2nc(-c3cc(C(C)(C)C)cc(-c4ccccc4)c3N3c4cc(-n5c6ccc(C(C)(C)C)cc6c6cc(C(C)(C)C)ccc65)ccc4B4c5ccc(-c6cc(C(C)(C)C)cc(C(C)(C)C)c6)cc5N(c5ccc(-c6ccccc6)cc5-c5ccccc5)c5cc(C(C)(C)C)cc3c54)nc(-c3c([2H])c([2H])c([2H])c([2H])c3[2H])n2)c([2H])c1[2H]. The van der Waals surface area contributed by atoms with Crippen LogP contribution in [0, 0.1) is 0 Å². The van der Waals surface area contributed by atoms with Crippen molar-refractivity contribution in [2.24, 2.45) is 0 Å². The van der Waals surface area contributed by atoms with Crippen molar-refractivity contribution in [2.75, 3.05) is 9.80 Å². The second kappa shape index (κ2) is 27.1. The van der Waals surface area contributed by atoms with Crippen LogP contribution in [0.5, 0.6) is 0 Å². The van der Waals surface area contributed by atoms with Crippen molar-refractivity contribution < 1.29 is 13.7 Å². The van der Waals surface area contributed by atoms with E-state index < -0.39 is 78.0 Å². The fraction of sp³-hybridized carbons (Fsp3) is 0.229. The Bertz CT molecular complexity index is 6590. The summed E-state index contributed by atoms with van der Waals surface area (Å²) in [5.74, 6) is -0.805. The lowest BCUT2D eigenvalue weighted by atomic mass is 9.33. The number of fused-ring (bicyclic) bond motifs is 7. The Morgan fingerprint density at radius 3 is 1.21 bits per heavy atom. The van der Waals surface area contributed by atoms with Gasteiger partial charge in [-0.3, -0.25) is 0 Å². The Balaban J connectivity index is 1.08. The van der Waals surface area contributed by atoms with Gasteiger partial charge in [0.05, 0.1) is 36.1 Å². The summed E-state index contributed by atoms with van der Waals surface area (Å²) >= 11 is 0. The Hall–Kier alpha value is -11.7. The van der Waals surface area contributed by atoms with Gasteiger partial charge in [0.15, 0.2) is 17.5 Å². The third-order valence-corrected chi connectivity index (χ3v) is 22.7. The van der Waals surface area contributed by atoms with Gasteiger partial charge < -0.3 is 14.4 Å². The van der Waals surface area contributed by atoms with Crippen molar-refractivity contribution in [1.82, 2.24) is 19.5 Å². The van der Waals surface area contributed by atoms with Gasteiger partial charge in [-0.25, -0.2) is 15.0 Å². The van der Waals surface area contributed by atoms with Crippen LogP contribution < -0.4 is 26.2 Å². The highest BCUT2D eigenvalue weighted by atomic mass is 15.2. The van der Waals surface area contributed by atoms with Crippen LogP contribution in [-0.4, -0.2) is 26.2 Å². The van der Waals surface area contributed by atoms with E-state index in [1.165, 1.54) is 22.3 Å². The Kier molecular flexibility index (Phi) is 15.0. The van der Waals surface area contributed by atoms with Crippen LogP contribution in [0.1, 0.15) is 172 Å². The van der Waals surface area contributed by atoms with E-state index >= 15 is 0 Å². The molecule has 0 unspecified atom stereocenters. The van der Waals surface area contributed by atoms with Gasteiger partial charge in [-0.2, -0.15) is 0 Å². The average Bonchev–Trinajstić information content (AvgIpc) is 0.742. The van der Waals surface area contributed by atoms with E-state index in [1.54, 1.807) is 0 Å². The maximum Gasteiger partial charge on any atom is 0.252 e. The number of hydrogen-bond donors (Lipinski definition) is 0. The minimum absolute atomic E-state index is 0.0649. The van der Waals surface area contributed by atoms with E-state index in [-0.39, 0.29) is 50.3 Å². The summed E-state index contributed by atoms with van der Waals surface area (Å²) in [4.78, 5) is 20.7. The molecule has 0 saturated heterocycles. The zero-order chi connectivity index (χ0) is 87.0. The quantitative estimate of drug-likeness (QED) is 0.128. The first-order valence-electron chi connectivity index (χ1n) is 44.2. The molecule has 17 rings (SSSR count). The molecule has 0 N–H and O–H groups in total. The molecule has 2 aliphatic heterocycles. The highest BCUT2D eigenvalue weighted by Crippen LogP contribution is 2.55. The molecule has 0 bridgehead atoms. The van der Waals surface area contributed by atoms with Crippen LogP contribution in [0.2, 0.25) is 0 Å². The molecule has 2 aromatic heterocycles. The largest absolute Gasteiger partial charge is 0.311 e. The standard InChI is InChI=1S/C105H101BN6/c1-100(2,3)74-46-52-89-83(59-74)84-60-75(101(4,5)6)47-53-90(84)110(89)80-48-50-87-92(65-80)112(96-82(68-38-28-21-29-39-68)61-78(104(13,14)15)62-85(96)99-108-97(69-40-30-22-31-41-69)107-98(109-99)70-42-32-23-33-43-70)94-64-79(105(16,17)18)63-93-95(94)106(87)86-49-44-72(73-54-76(102(7,8)9)58-77(55-73)103(10,11)12)57-91(86)111(93)88-51-45-71(66-34-24-19-25-35-66)56-81(88)67-36-26-20-27-37-67/h19-65H,1-18H3/i22D,23D,30D,31D,32D,33D,40D,41D,42D,43D.